The molecule has 0 heterocycles. The van der Waals surface area contributed by atoms with Crippen molar-refractivity contribution in [2.24, 2.45) is 10.2 Å². The molecule has 16 heteroatoms. The summed E-state index contributed by atoms with van der Waals surface area (Å²) in [6.45, 7) is 0. The van der Waals surface area contributed by atoms with Crippen LogP contribution in [0.1, 0.15) is 0 Å². The summed E-state index contributed by atoms with van der Waals surface area (Å²) in [5, 5.41) is 18.0. The van der Waals surface area contributed by atoms with Gasteiger partial charge in [-0.05, 0) is 24.3 Å². The van der Waals surface area contributed by atoms with Gasteiger partial charge in [-0.3, -0.25) is 10.1 Å². The molecule has 0 aliphatic carbocycles. The van der Waals surface area contributed by atoms with E-state index in [4.69, 9.17) is 11.6 Å². The average Bonchev–Trinajstić information content (AvgIpc) is 2.53. The maximum Gasteiger partial charge on any atom is 1.00 e. The summed E-state index contributed by atoms with van der Waals surface area (Å²) in [6.07, 6.45) is 0.859. The Morgan fingerprint density at radius 3 is 2.21 bits per heavy atom. The smallest absolute Gasteiger partial charge is 0.780 e. The van der Waals surface area contributed by atoms with Crippen LogP contribution in [0.15, 0.2) is 51.5 Å². The van der Waals surface area contributed by atoms with Gasteiger partial charge in [0.25, 0.3) is 5.69 Å². The Labute approximate surface area is 214 Å². The Balaban J connectivity index is 0.00000392. The number of nitro benzene ring substituents is 1. The molecule has 0 aliphatic heterocycles. The molecule has 0 N–H and O–H groups in total. The second-order valence-electron chi connectivity index (χ2n) is 5.03. The van der Waals surface area contributed by atoms with E-state index in [2.05, 4.69) is 14.8 Å². The molecule has 0 saturated heterocycles. The molecule has 2 aromatic rings. The van der Waals surface area contributed by atoms with E-state index in [1.165, 1.54) is 6.07 Å². The van der Waals surface area contributed by atoms with E-state index in [0.717, 1.165) is 36.6 Å². The minimum Gasteiger partial charge on any atom is -0.780 e. The zero-order valence-corrected chi connectivity index (χ0v) is 21.8. The fourth-order valence-corrected chi connectivity index (χ4v) is 3.34. The molecule has 0 aliphatic rings. The van der Waals surface area contributed by atoms with Crippen molar-refractivity contribution < 1.29 is 91.3 Å². The fourth-order valence-electron chi connectivity index (χ4n) is 1.85. The normalized spacial score (nSPS) is 11.4. The number of phosphoric ester groups is 1. The number of rotatable bonds is 6. The van der Waals surface area contributed by atoms with E-state index in [0.29, 0.717) is 0 Å². The molecule has 2 aromatic carbocycles. The predicted molar refractivity (Wildman–Crippen MR) is 90.1 cm³/mol. The number of azo groups is 1. The van der Waals surface area contributed by atoms with Gasteiger partial charge < -0.3 is 18.9 Å². The van der Waals surface area contributed by atoms with Crippen LogP contribution >= 0.6 is 19.4 Å². The summed E-state index contributed by atoms with van der Waals surface area (Å²) in [7, 11) is -9.13. The second-order valence-corrected chi connectivity index (χ2v) is 8.50. The quantitative estimate of drug-likeness (QED) is 0.134. The first kappa shape index (κ1) is 28.6. The molecular weight excluding hydrogens is 471 g/mol. The summed E-state index contributed by atoms with van der Waals surface area (Å²) in [6, 6.07) is 6.43. The molecule has 0 fully saturated rings. The summed E-state index contributed by atoms with van der Waals surface area (Å²) < 4.78 is 38.4. The van der Waals surface area contributed by atoms with Crippen molar-refractivity contribution in [1.29, 1.82) is 0 Å². The van der Waals surface area contributed by atoms with Crippen molar-refractivity contribution >= 4 is 46.3 Å². The molecule has 11 nitrogen and oxygen atoms in total. The van der Waals surface area contributed by atoms with Gasteiger partial charge in [-0.15, -0.1) is 5.11 Å². The topological polar surface area (TPSA) is 174 Å². The first-order chi connectivity index (χ1) is 12.4. The van der Waals surface area contributed by atoms with Crippen LogP contribution in [0.25, 0.3) is 0 Å². The van der Waals surface area contributed by atoms with Crippen LogP contribution in [-0.4, -0.2) is 19.6 Å². The van der Waals surface area contributed by atoms with Crippen LogP contribution in [0.2, 0.25) is 5.02 Å². The molecule has 0 radical (unpaired) electrons. The van der Waals surface area contributed by atoms with Gasteiger partial charge in [0.2, 0.25) is 0 Å². The largest absolute Gasteiger partial charge is 1.00 e. The first-order valence-electron chi connectivity index (χ1n) is 6.78. The Kier molecular flexibility index (Phi) is 11.2. The monoisotopic (exact) mass is 479 g/mol. The molecule has 2 rings (SSSR count). The standard InChI is InChI=1S/C13H11ClN3O8PS.2Na/c1-27(23,24)13-7-9(17(18)19)3-4-11(13)16-15-8-2-5-12(10(14)6-8)25-26(20,21)22;;/h2-7H,1H3,(H2,20,21,22);;/q;2*+1/p-2. The number of halogens is 1. The van der Waals surface area contributed by atoms with Gasteiger partial charge in [-0.25, -0.2) is 8.42 Å². The van der Waals surface area contributed by atoms with Gasteiger partial charge in [0.1, 0.15) is 24.2 Å². The van der Waals surface area contributed by atoms with Crippen LogP contribution in [0.4, 0.5) is 17.1 Å². The maximum atomic E-state index is 11.8. The fraction of sp³-hybridized carbons (Fsp3) is 0.0769. The van der Waals surface area contributed by atoms with Crippen LogP contribution in [-0.2, 0) is 14.4 Å². The number of sulfone groups is 1. The third-order valence-electron chi connectivity index (χ3n) is 2.95. The van der Waals surface area contributed by atoms with E-state index in [9.17, 15) is 32.9 Å². The van der Waals surface area contributed by atoms with E-state index in [1.807, 2.05) is 0 Å². The summed E-state index contributed by atoms with van der Waals surface area (Å²) in [5.74, 6) is -0.406. The van der Waals surface area contributed by atoms with Crippen LogP contribution in [0.3, 0.4) is 0 Å². The second kappa shape index (κ2) is 11.3. The van der Waals surface area contributed by atoms with Crippen LogP contribution < -0.4 is 73.4 Å². The van der Waals surface area contributed by atoms with Crippen molar-refractivity contribution in [2.45, 2.75) is 4.90 Å². The number of nitro groups is 1. The number of hydrogen-bond acceptors (Lipinski definition) is 10. The van der Waals surface area contributed by atoms with E-state index >= 15 is 0 Å². The summed E-state index contributed by atoms with van der Waals surface area (Å²) in [4.78, 5) is 30.9. The van der Waals surface area contributed by atoms with Gasteiger partial charge in [0.05, 0.1) is 15.6 Å². The number of non-ortho nitro benzene ring substituents is 1. The van der Waals surface area contributed by atoms with Crippen molar-refractivity contribution in [3.8, 4) is 5.75 Å². The molecule has 144 valence electrons. The third-order valence-corrected chi connectivity index (χ3v) is 4.79. The van der Waals surface area contributed by atoms with E-state index in [-0.39, 0.29) is 75.5 Å². The molecule has 0 unspecified atom stereocenters. The molecule has 0 aromatic heterocycles. The van der Waals surface area contributed by atoms with Crippen molar-refractivity contribution in [3.63, 3.8) is 0 Å². The predicted octanol–water partition coefficient (Wildman–Crippen LogP) is -3.72. The van der Waals surface area contributed by atoms with E-state index < -0.39 is 38.9 Å². The molecule has 0 bridgehead atoms. The average molecular weight is 480 g/mol. The van der Waals surface area contributed by atoms with Crippen molar-refractivity contribution in [1.82, 2.24) is 0 Å². The van der Waals surface area contributed by atoms with Gasteiger partial charge in [0.15, 0.2) is 9.84 Å². The third kappa shape index (κ3) is 8.72. The number of phosphoric acid groups is 1. The zero-order valence-electron chi connectivity index (χ0n) is 15.3. The zero-order chi connectivity index (χ0) is 20.4. The SMILES string of the molecule is CS(=O)(=O)c1cc([N+](=O)[O-])ccc1N=Nc1ccc(OP(=O)([O-])[O-])c(Cl)c1.[Na+].[Na+]. The molecule has 0 amide bonds. The Morgan fingerprint density at radius 2 is 1.72 bits per heavy atom. The van der Waals surface area contributed by atoms with E-state index in [1.54, 1.807) is 0 Å². The molecule has 29 heavy (non-hydrogen) atoms. The minimum atomic E-state index is -5.29. The van der Waals surface area contributed by atoms with Gasteiger partial charge >= 0.3 is 59.1 Å². The van der Waals surface area contributed by atoms with Crippen molar-refractivity contribution in [2.75, 3.05) is 6.26 Å². The van der Waals surface area contributed by atoms with Gasteiger partial charge in [-0.2, -0.15) is 5.11 Å². The number of benzene rings is 2. The molecule has 0 spiro atoms. The van der Waals surface area contributed by atoms with Crippen LogP contribution in [0.5, 0.6) is 5.75 Å². The maximum absolute atomic E-state index is 11.8. The Hall–Kier alpha value is -0.370. The van der Waals surface area contributed by atoms with Crippen molar-refractivity contribution in [3.05, 3.63) is 51.5 Å². The molecular formula is C13H9ClN3Na2O8PS. The summed E-state index contributed by atoms with van der Waals surface area (Å²) in [5.41, 5.74) is -0.501. The molecule has 0 saturated carbocycles. The summed E-state index contributed by atoms with van der Waals surface area (Å²) >= 11 is 5.78. The van der Waals surface area contributed by atoms with Gasteiger partial charge in [-0.1, -0.05) is 11.6 Å². The Morgan fingerprint density at radius 1 is 1.10 bits per heavy atom. The van der Waals surface area contributed by atoms with Crippen LogP contribution in [0, 0.1) is 10.1 Å². The Bertz CT molecular complexity index is 1090. The number of nitrogens with zero attached hydrogens (tertiary/aromatic N) is 3. The first-order valence-corrected chi connectivity index (χ1v) is 10.5. The minimum absolute atomic E-state index is 0. The van der Waals surface area contributed by atoms with Gasteiger partial charge in [0, 0.05) is 18.4 Å². The molecule has 0 atom stereocenters. The number of hydrogen-bond donors (Lipinski definition) is 0.